The lowest BCUT2D eigenvalue weighted by Gasteiger charge is -2.08. The van der Waals surface area contributed by atoms with Gasteiger partial charge in [0, 0.05) is 8.45 Å². The highest BCUT2D eigenvalue weighted by Gasteiger charge is 2.05. The third-order valence-corrected chi connectivity index (χ3v) is 4.46. The van der Waals surface area contributed by atoms with E-state index in [4.69, 9.17) is 0 Å². The molecule has 0 fully saturated rings. The van der Waals surface area contributed by atoms with Crippen LogP contribution in [0.3, 0.4) is 0 Å². The Hall–Kier alpha value is -1.08. The van der Waals surface area contributed by atoms with Gasteiger partial charge in [0.1, 0.15) is 0 Å². The summed E-state index contributed by atoms with van der Waals surface area (Å²) in [5.41, 5.74) is 2.05. The lowest BCUT2D eigenvalue weighted by molar-refractivity contribution is 0.252. The summed E-state index contributed by atoms with van der Waals surface area (Å²) in [4.78, 5) is 12.9. The average Bonchev–Trinajstić information content (AvgIpc) is 2.75. The van der Waals surface area contributed by atoms with Crippen molar-refractivity contribution < 1.29 is 4.79 Å². The Morgan fingerprint density at radius 2 is 2.11 bits per heavy atom. The lowest BCUT2D eigenvalue weighted by atomic mass is 10.3. The second kappa shape index (κ2) is 6.19. The minimum atomic E-state index is -0.174. The molecule has 2 rings (SSSR count). The number of anilines is 1. The van der Waals surface area contributed by atoms with Gasteiger partial charge in [0.2, 0.25) is 0 Å². The summed E-state index contributed by atoms with van der Waals surface area (Å²) in [7, 11) is 0. The lowest BCUT2D eigenvalue weighted by Crippen LogP contribution is -2.28. The molecule has 2 aromatic rings. The molecule has 1 aromatic heterocycles. The van der Waals surface area contributed by atoms with Gasteiger partial charge in [-0.3, -0.25) is 0 Å². The summed E-state index contributed by atoms with van der Waals surface area (Å²) < 4.78 is 1.03. The van der Waals surface area contributed by atoms with E-state index in [0.29, 0.717) is 6.54 Å². The monoisotopic (exact) mass is 372 g/mol. The van der Waals surface area contributed by atoms with Crippen LogP contribution in [0, 0.1) is 10.5 Å². The van der Waals surface area contributed by atoms with Crippen LogP contribution in [0.4, 0.5) is 10.5 Å². The summed E-state index contributed by atoms with van der Waals surface area (Å²) in [5.74, 6) is 0. The van der Waals surface area contributed by atoms with Gasteiger partial charge in [0.15, 0.2) is 0 Å². The van der Waals surface area contributed by atoms with Crippen molar-refractivity contribution in [2.45, 2.75) is 13.5 Å². The van der Waals surface area contributed by atoms with Crippen LogP contribution in [0.5, 0.6) is 0 Å². The Kier molecular flexibility index (Phi) is 4.60. The fourth-order valence-corrected chi connectivity index (χ4v) is 2.84. The van der Waals surface area contributed by atoms with E-state index in [1.54, 1.807) is 11.3 Å². The van der Waals surface area contributed by atoms with Gasteiger partial charge >= 0.3 is 6.03 Å². The van der Waals surface area contributed by atoms with E-state index in [-0.39, 0.29) is 6.03 Å². The molecule has 0 aliphatic carbocycles. The molecule has 94 valence electrons. The molecule has 0 unspecified atom stereocenters. The highest BCUT2D eigenvalue weighted by atomic mass is 127. The Balaban J connectivity index is 1.90. The maximum Gasteiger partial charge on any atom is 0.319 e. The summed E-state index contributed by atoms with van der Waals surface area (Å²) in [6, 6.07) is 9.57. The smallest absolute Gasteiger partial charge is 0.319 e. The van der Waals surface area contributed by atoms with Crippen molar-refractivity contribution in [3.05, 3.63) is 49.7 Å². The van der Waals surface area contributed by atoms with E-state index < -0.39 is 0 Å². The standard InChI is InChI=1S/C13H13IN2OS/c1-9-6-7-18-12(9)8-15-13(17)16-11-5-3-2-4-10(11)14/h2-7H,8H2,1H3,(H2,15,16,17). The van der Waals surface area contributed by atoms with Gasteiger partial charge in [0.05, 0.1) is 12.2 Å². The zero-order valence-corrected chi connectivity index (χ0v) is 12.8. The normalized spacial score (nSPS) is 10.1. The number of halogens is 1. The number of nitrogens with one attached hydrogen (secondary N) is 2. The predicted octanol–water partition coefficient (Wildman–Crippen LogP) is 3.98. The maximum absolute atomic E-state index is 11.8. The molecule has 1 heterocycles. The van der Waals surface area contributed by atoms with Crippen LogP contribution >= 0.6 is 33.9 Å². The molecule has 0 bridgehead atoms. The topological polar surface area (TPSA) is 41.1 Å². The van der Waals surface area contributed by atoms with Crippen LogP contribution in [-0.4, -0.2) is 6.03 Å². The fourth-order valence-electron chi connectivity index (χ4n) is 1.47. The van der Waals surface area contributed by atoms with E-state index in [0.717, 1.165) is 9.26 Å². The minimum Gasteiger partial charge on any atom is -0.333 e. The number of urea groups is 1. The van der Waals surface area contributed by atoms with Crippen molar-refractivity contribution in [2.24, 2.45) is 0 Å². The highest BCUT2D eigenvalue weighted by molar-refractivity contribution is 14.1. The Labute approximate surface area is 124 Å². The van der Waals surface area contributed by atoms with E-state index in [1.807, 2.05) is 36.6 Å². The minimum absolute atomic E-state index is 0.174. The first-order valence-corrected chi connectivity index (χ1v) is 7.45. The Morgan fingerprint density at radius 1 is 1.33 bits per heavy atom. The van der Waals surface area contributed by atoms with Crippen molar-refractivity contribution in [3.63, 3.8) is 0 Å². The number of aryl methyl sites for hydroxylation is 1. The van der Waals surface area contributed by atoms with E-state index in [2.05, 4.69) is 39.3 Å². The van der Waals surface area contributed by atoms with Gasteiger partial charge in [-0.2, -0.15) is 0 Å². The second-order valence-corrected chi connectivity index (χ2v) is 5.98. The molecule has 3 nitrogen and oxygen atoms in total. The maximum atomic E-state index is 11.8. The Morgan fingerprint density at radius 3 is 2.78 bits per heavy atom. The summed E-state index contributed by atoms with van der Waals surface area (Å²) >= 11 is 3.85. The van der Waals surface area contributed by atoms with Crippen LogP contribution in [0.25, 0.3) is 0 Å². The fraction of sp³-hybridized carbons (Fsp3) is 0.154. The molecule has 5 heteroatoms. The Bertz CT molecular complexity index is 553. The molecule has 0 saturated heterocycles. The number of hydrogen-bond donors (Lipinski definition) is 2. The molecule has 0 saturated carbocycles. The molecule has 0 aliphatic rings. The summed E-state index contributed by atoms with van der Waals surface area (Å²) in [5, 5.41) is 7.73. The molecule has 0 aliphatic heterocycles. The zero-order valence-electron chi connectivity index (χ0n) is 9.87. The van der Waals surface area contributed by atoms with Crippen LogP contribution in [0.15, 0.2) is 35.7 Å². The van der Waals surface area contributed by atoms with Gasteiger partial charge in [-0.15, -0.1) is 11.3 Å². The SMILES string of the molecule is Cc1ccsc1CNC(=O)Nc1ccccc1I. The number of amides is 2. The number of benzene rings is 1. The van der Waals surface area contributed by atoms with Gasteiger partial charge < -0.3 is 10.6 Å². The predicted molar refractivity (Wildman–Crippen MR) is 84.1 cm³/mol. The molecular weight excluding hydrogens is 359 g/mol. The van der Waals surface area contributed by atoms with Crippen LogP contribution in [0.2, 0.25) is 0 Å². The van der Waals surface area contributed by atoms with Gasteiger partial charge in [0.25, 0.3) is 0 Å². The first kappa shape index (κ1) is 13.4. The van der Waals surface area contributed by atoms with E-state index in [9.17, 15) is 4.79 Å². The molecular formula is C13H13IN2OS. The number of carbonyl (C=O) groups is 1. The van der Waals surface area contributed by atoms with Gasteiger partial charge in [-0.25, -0.2) is 4.79 Å². The number of para-hydroxylation sites is 1. The average molecular weight is 372 g/mol. The van der Waals surface area contributed by atoms with Crippen LogP contribution in [-0.2, 0) is 6.54 Å². The van der Waals surface area contributed by atoms with Crippen molar-refractivity contribution in [3.8, 4) is 0 Å². The molecule has 2 N–H and O–H groups in total. The van der Waals surface area contributed by atoms with Gasteiger partial charge in [-0.05, 0) is 58.7 Å². The molecule has 0 atom stereocenters. The number of carbonyl (C=O) groups excluding carboxylic acids is 1. The summed E-state index contributed by atoms with van der Waals surface area (Å²) in [6.45, 7) is 2.62. The van der Waals surface area contributed by atoms with Crippen molar-refractivity contribution in [1.29, 1.82) is 0 Å². The quantitative estimate of drug-likeness (QED) is 0.787. The van der Waals surface area contributed by atoms with E-state index >= 15 is 0 Å². The zero-order chi connectivity index (χ0) is 13.0. The molecule has 0 radical (unpaired) electrons. The molecule has 0 spiro atoms. The third kappa shape index (κ3) is 3.46. The number of thiophene rings is 1. The molecule has 2 amide bonds. The molecule has 18 heavy (non-hydrogen) atoms. The first-order chi connectivity index (χ1) is 8.66. The second-order valence-electron chi connectivity index (χ2n) is 3.81. The van der Waals surface area contributed by atoms with Crippen LogP contribution in [0.1, 0.15) is 10.4 Å². The molecule has 1 aromatic carbocycles. The number of hydrogen-bond acceptors (Lipinski definition) is 2. The van der Waals surface area contributed by atoms with Crippen molar-refractivity contribution >= 4 is 45.6 Å². The van der Waals surface area contributed by atoms with E-state index in [1.165, 1.54) is 10.4 Å². The largest absolute Gasteiger partial charge is 0.333 e. The highest BCUT2D eigenvalue weighted by Crippen LogP contribution is 2.17. The van der Waals surface area contributed by atoms with Crippen LogP contribution < -0.4 is 10.6 Å². The first-order valence-electron chi connectivity index (χ1n) is 5.49. The number of rotatable bonds is 3. The van der Waals surface area contributed by atoms with Gasteiger partial charge in [-0.1, -0.05) is 12.1 Å². The van der Waals surface area contributed by atoms with Crippen molar-refractivity contribution in [1.82, 2.24) is 5.32 Å². The third-order valence-electron chi connectivity index (χ3n) is 2.50. The summed E-state index contributed by atoms with van der Waals surface area (Å²) in [6.07, 6.45) is 0. The van der Waals surface area contributed by atoms with Crippen molar-refractivity contribution in [2.75, 3.05) is 5.32 Å².